The molecule has 6 nitrogen and oxygen atoms in total. The number of hydrogen-bond acceptors (Lipinski definition) is 5. The molecule has 0 atom stereocenters. The van der Waals surface area contributed by atoms with Crippen LogP contribution in [0.4, 0.5) is 5.69 Å². The number of carbonyl (C=O) groups excluding carboxylic acids is 1. The number of nitrogens with zero attached hydrogens (tertiary/aromatic N) is 1. The van der Waals surface area contributed by atoms with Gasteiger partial charge in [0.15, 0.2) is 11.5 Å². The molecule has 174 valence electrons. The maximum atomic E-state index is 12.7. The number of rotatable bonds is 9. The van der Waals surface area contributed by atoms with Crippen LogP contribution < -0.4 is 19.5 Å². The van der Waals surface area contributed by atoms with E-state index in [9.17, 15) is 10.1 Å². The van der Waals surface area contributed by atoms with Gasteiger partial charge in [0.1, 0.15) is 24.0 Å². The molecular weight excluding hydrogens is 496 g/mol. The van der Waals surface area contributed by atoms with Crippen LogP contribution in [0.15, 0.2) is 70.7 Å². The number of halogens is 1. The monoisotopic (exact) mass is 520 g/mol. The zero-order valence-corrected chi connectivity index (χ0v) is 20.8. The number of carbonyl (C=O) groups is 1. The quantitative estimate of drug-likeness (QED) is 0.265. The number of ether oxygens (including phenoxy) is 3. The minimum Gasteiger partial charge on any atom is -0.497 e. The smallest absolute Gasteiger partial charge is 0.266 e. The molecule has 0 unspecified atom stereocenters. The van der Waals surface area contributed by atoms with E-state index in [2.05, 4.69) is 21.2 Å². The summed E-state index contributed by atoms with van der Waals surface area (Å²) in [5.41, 5.74) is 3.35. The van der Waals surface area contributed by atoms with Crippen molar-refractivity contribution in [2.45, 2.75) is 20.5 Å². The number of methoxy groups -OCH3 is 1. The lowest BCUT2D eigenvalue weighted by Gasteiger charge is -2.14. The highest BCUT2D eigenvalue weighted by atomic mass is 79.9. The first-order chi connectivity index (χ1) is 16.4. The van der Waals surface area contributed by atoms with Crippen molar-refractivity contribution < 1.29 is 19.0 Å². The number of amides is 1. The third-order valence-corrected chi connectivity index (χ3v) is 5.58. The molecule has 0 aliphatic heterocycles. The van der Waals surface area contributed by atoms with Crippen molar-refractivity contribution in [3.63, 3.8) is 0 Å². The molecule has 3 aromatic carbocycles. The van der Waals surface area contributed by atoms with E-state index in [0.717, 1.165) is 5.56 Å². The van der Waals surface area contributed by atoms with Crippen molar-refractivity contribution in [3.8, 4) is 23.3 Å². The molecule has 0 aliphatic rings. The molecule has 34 heavy (non-hydrogen) atoms. The predicted octanol–water partition coefficient (Wildman–Crippen LogP) is 6.29. The van der Waals surface area contributed by atoms with Crippen molar-refractivity contribution >= 4 is 33.6 Å². The van der Waals surface area contributed by atoms with Gasteiger partial charge in [-0.1, -0.05) is 45.8 Å². The largest absolute Gasteiger partial charge is 0.497 e. The van der Waals surface area contributed by atoms with E-state index >= 15 is 0 Å². The molecule has 0 fully saturated rings. The van der Waals surface area contributed by atoms with Gasteiger partial charge in [-0.3, -0.25) is 4.79 Å². The first-order valence-electron chi connectivity index (χ1n) is 10.7. The molecule has 3 aromatic rings. The van der Waals surface area contributed by atoms with Gasteiger partial charge in [-0.15, -0.1) is 0 Å². The van der Waals surface area contributed by atoms with Crippen LogP contribution in [0.25, 0.3) is 6.08 Å². The van der Waals surface area contributed by atoms with Crippen molar-refractivity contribution in [2.24, 2.45) is 0 Å². The SMILES string of the molecule is CCOc1cc(/C=C(\C#N)C(=O)Nc2ccc(OC)cc2)c(Br)cc1OCc1ccc(C)cc1. The zero-order chi connectivity index (χ0) is 24.5. The summed E-state index contributed by atoms with van der Waals surface area (Å²) in [5.74, 6) is 1.24. The van der Waals surface area contributed by atoms with Crippen LogP contribution in [0.5, 0.6) is 17.2 Å². The van der Waals surface area contributed by atoms with Crippen molar-refractivity contribution in [1.29, 1.82) is 5.26 Å². The Bertz CT molecular complexity index is 1210. The Hall–Kier alpha value is -3.76. The van der Waals surface area contributed by atoms with Gasteiger partial charge >= 0.3 is 0 Å². The fourth-order valence-corrected chi connectivity index (χ4v) is 3.50. The van der Waals surface area contributed by atoms with E-state index in [4.69, 9.17) is 14.2 Å². The zero-order valence-electron chi connectivity index (χ0n) is 19.2. The van der Waals surface area contributed by atoms with Crippen LogP contribution in [0.3, 0.4) is 0 Å². The summed E-state index contributed by atoms with van der Waals surface area (Å²) in [5, 5.41) is 12.3. The molecule has 0 saturated carbocycles. The summed E-state index contributed by atoms with van der Waals surface area (Å²) in [6, 6.07) is 20.5. The second-order valence-corrected chi connectivity index (χ2v) is 8.23. The maximum absolute atomic E-state index is 12.7. The van der Waals surface area contributed by atoms with Crippen LogP contribution in [0.2, 0.25) is 0 Å². The molecule has 3 rings (SSSR count). The third kappa shape index (κ3) is 6.63. The standard InChI is InChI=1S/C27H25BrN2O4/c1-4-33-25-14-20(24(28)15-26(25)34-17-19-7-5-18(2)6-8-19)13-21(16-29)27(31)30-22-9-11-23(32-3)12-10-22/h5-15H,4,17H2,1-3H3,(H,30,31)/b21-13+. The predicted molar refractivity (Wildman–Crippen MR) is 136 cm³/mol. The summed E-state index contributed by atoms with van der Waals surface area (Å²) in [6.45, 7) is 4.74. The third-order valence-electron chi connectivity index (χ3n) is 4.89. The highest BCUT2D eigenvalue weighted by Gasteiger charge is 2.14. The maximum Gasteiger partial charge on any atom is 0.266 e. The van der Waals surface area contributed by atoms with Crippen molar-refractivity contribution in [2.75, 3.05) is 19.0 Å². The lowest BCUT2D eigenvalue weighted by atomic mass is 10.1. The Labute approximate surface area is 207 Å². The molecule has 0 saturated heterocycles. The van der Waals surface area contributed by atoms with Crippen LogP contribution in [0.1, 0.15) is 23.6 Å². The first-order valence-corrected chi connectivity index (χ1v) is 11.4. The first kappa shape index (κ1) is 24.9. The van der Waals surface area contributed by atoms with Crippen LogP contribution in [-0.2, 0) is 11.4 Å². The molecule has 0 aliphatic carbocycles. The van der Waals surface area contributed by atoms with Gasteiger partial charge in [0, 0.05) is 10.2 Å². The average molecular weight is 521 g/mol. The summed E-state index contributed by atoms with van der Waals surface area (Å²) in [6.07, 6.45) is 1.51. The van der Waals surface area contributed by atoms with E-state index in [-0.39, 0.29) is 5.57 Å². The highest BCUT2D eigenvalue weighted by Crippen LogP contribution is 2.35. The minimum atomic E-state index is -0.516. The number of hydrogen-bond donors (Lipinski definition) is 1. The molecule has 0 aromatic heterocycles. The average Bonchev–Trinajstić information content (AvgIpc) is 2.84. The number of nitriles is 1. The Kier molecular flexibility index (Phi) is 8.72. The van der Waals surface area contributed by atoms with Crippen molar-refractivity contribution in [1.82, 2.24) is 0 Å². The van der Waals surface area contributed by atoms with Crippen LogP contribution in [-0.4, -0.2) is 19.6 Å². The summed E-state index contributed by atoms with van der Waals surface area (Å²) < 4.78 is 17.5. The number of aryl methyl sites for hydroxylation is 1. The summed E-state index contributed by atoms with van der Waals surface area (Å²) in [4.78, 5) is 12.7. The van der Waals surface area contributed by atoms with Gasteiger partial charge in [0.05, 0.1) is 13.7 Å². The van der Waals surface area contributed by atoms with E-state index in [1.54, 1.807) is 43.5 Å². The Morgan fingerprint density at radius 3 is 2.35 bits per heavy atom. The molecule has 0 spiro atoms. The van der Waals surface area contributed by atoms with E-state index < -0.39 is 5.91 Å². The lowest BCUT2D eigenvalue weighted by molar-refractivity contribution is -0.112. The Morgan fingerprint density at radius 1 is 1.06 bits per heavy atom. The van der Waals surface area contributed by atoms with Gasteiger partial charge in [-0.05, 0) is 67.4 Å². The normalized spacial score (nSPS) is 10.9. The topological polar surface area (TPSA) is 80.6 Å². The highest BCUT2D eigenvalue weighted by molar-refractivity contribution is 9.10. The van der Waals surface area contributed by atoms with Gasteiger partial charge in [0.2, 0.25) is 0 Å². The van der Waals surface area contributed by atoms with Gasteiger partial charge < -0.3 is 19.5 Å². The minimum absolute atomic E-state index is 0.0488. The Morgan fingerprint density at radius 2 is 1.74 bits per heavy atom. The van der Waals surface area contributed by atoms with E-state index in [1.165, 1.54) is 11.6 Å². The van der Waals surface area contributed by atoms with E-state index in [1.807, 2.05) is 44.2 Å². The van der Waals surface area contributed by atoms with Gasteiger partial charge in [-0.25, -0.2) is 0 Å². The molecule has 0 bridgehead atoms. The molecular formula is C27H25BrN2O4. The van der Waals surface area contributed by atoms with E-state index in [0.29, 0.717) is 46.2 Å². The molecule has 0 heterocycles. The number of nitrogens with one attached hydrogen (secondary N) is 1. The molecule has 7 heteroatoms. The second-order valence-electron chi connectivity index (χ2n) is 7.38. The van der Waals surface area contributed by atoms with Crippen LogP contribution in [0, 0.1) is 18.3 Å². The summed E-state index contributed by atoms with van der Waals surface area (Å²) in [7, 11) is 1.57. The van der Waals surface area contributed by atoms with Gasteiger partial charge in [-0.2, -0.15) is 5.26 Å². The fraction of sp³-hybridized carbons (Fsp3) is 0.185. The molecule has 1 amide bonds. The fourth-order valence-electron chi connectivity index (χ4n) is 3.06. The summed E-state index contributed by atoms with van der Waals surface area (Å²) >= 11 is 3.52. The Balaban J connectivity index is 1.82. The number of benzene rings is 3. The van der Waals surface area contributed by atoms with Crippen LogP contribution >= 0.6 is 15.9 Å². The van der Waals surface area contributed by atoms with Crippen molar-refractivity contribution in [3.05, 3.63) is 87.4 Å². The second kappa shape index (κ2) is 11.9. The lowest BCUT2D eigenvalue weighted by Crippen LogP contribution is -2.13. The number of anilines is 1. The molecule has 0 radical (unpaired) electrons. The van der Waals surface area contributed by atoms with Gasteiger partial charge in [0.25, 0.3) is 5.91 Å². The molecule has 1 N–H and O–H groups in total.